The number of hydrogen-bond donors (Lipinski definition) is 0. The monoisotopic (exact) mass is 480 g/mol. The van der Waals surface area contributed by atoms with Gasteiger partial charge in [-0.1, -0.05) is 81.4 Å². The summed E-state index contributed by atoms with van der Waals surface area (Å²) in [6.07, 6.45) is 3.80. The largest absolute Gasteiger partial charge is 0.457 e. The zero-order chi connectivity index (χ0) is 25.4. The van der Waals surface area contributed by atoms with Gasteiger partial charge in [0, 0.05) is 34.3 Å². The van der Waals surface area contributed by atoms with Crippen molar-refractivity contribution in [3.05, 3.63) is 121 Å². The number of hydrogen-bond acceptors (Lipinski definition) is 3. The van der Waals surface area contributed by atoms with Gasteiger partial charge in [-0.05, 0) is 64.2 Å². The van der Waals surface area contributed by atoms with Crippen LogP contribution in [-0.4, -0.2) is 9.97 Å². The Morgan fingerprint density at radius 1 is 0.595 bits per heavy atom. The molecule has 0 bridgehead atoms. The van der Waals surface area contributed by atoms with Crippen molar-refractivity contribution >= 4 is 21.5 Å². The summed E-state index contributed by atoms with van der Waals surface area (Å²) in [6.45, 7) is 6.66. The Morgan fingerprint density at radius 3 is 2.19 bits per heavy atom. The summed E-state index contributed by atoms with van der Waals surface area (Å²) in [7, 11) is 0. The first-order valence-corrected chi connectivity index (χ1v) is 12.6. The van der Waals surface area contributed by atoms with Gasteiger partial charge in [0.1, 0.15) is 11.5 Å². The van der Waals surface area contributed by atoms with E-state index >= 15 is 0 Å². The van der Waals surface area contributed by atoms with Crippen LogP contribution in [0, 0.1) is 0 Å². The molecule has 4 aromatic carbocycles. The van der Waals surface area contributed by atoms with Gasteiger partial charge in [-0.15, -0.1) is 0 Å². The number of rotatable bonds is 4. The summed E-state index contributed by atoms with van der Waals surface area (Å²) in [6, 6.07) is 35.4. The third-order valence-electron chi connectivity index (χ3n) is 6.72. The first-order valence-electron chi connectivity index (χ1n) is 12.6. The molecule has 0 spiro atoms. The molecular formula is C34H28N2O. The molecule has 0 aliphatic heterocycles. The highest BCUT2D eigenvalue weighted by atomic mass is 16.5. The standard InChI is InChI=1S/C34H28N2O/c1-34(2,3)28-17-27(33-31-14-7-6-9-23(31)15-16-35-33)19-30(21-28)37-29-13-8-12-25(18-29)32-20-24-10-4-5-11-26(24)22-36-32/h4-22H,1-3H3. The Balaban J connectivity index is 1.41. The van der Waals surface area contributed by atoms with E-state index in [1.165, 1.54) is 16.3 Å². The van der Waals surface area contributed by atoms with E-state index in [1.807, 2.05) is 30.6 Å². The molecule has 0 aliphatic carbocycles. The second-order valence-electron chi connectivity index (χ2n) is 10.4. The van der Waals surface area contributed by atoms with Crippen LogP contribution in [-0.2, 0) is 5.41 Å². The van der Waals surface area contributed by atoms with Gasteiger partial charge < -0.3 is 4.74 Å². The van der Waals surface area contributed by atoms with Gasteiger partial charge in [-0.25, -0.2) is 0 Å². The van der Waals surface area contributed by atoms with Crippen LogP contribution >= 0.6 is 0 Å². The van der Waals surface area contributed by atoms with E-state index in [1.54, 1.807) is 0 Å². The zero-order valence-corrected chi connectivity index (χ0v) is 21.3. The van der Waals surface area contributed by atoms with Gasteiger partial charge in [0.15, 0.2) is 0 Å². The van der Waals surface area contributed by atoms with Gasteiger partial charge >= 0.3 is 0 Å². The molecule has 2 aromatic heterocycles. The van der Waals surface area contributed by atoms with Crippen LogP contribution in [0.5, 0.6) is 11.5 Å². The molecular weight excluding hydrogens is 452 g/mol. The predicted octanol–water partition coefficient (Wildman–Crippen LogP) is 9.21. The van der Waals surface area contributed by atoms with Crippen LogP contribution < -0.4 is 4.74 Å². The summed E-state index contributed by atoms with van der Waals surface area (Å²) >= 11 is 0. The maximum Gasteiger partial charge on any atom is 0.128 e. The van der Waals surface area contributed by atoms with E-state index in [2.05, 4.69) is 106 Å². The lowest BCUT2D eigenvalue weighted by atomic mass is 9.85. The molecule has 0 N–H and O–H groups in total. The van der Waals surface area contributed by atoms with E-state index in [0.29, 0.717) is 0 Å². The Bertz CT molecular complexity index is 1740. The van der Waals surface area contributed by atoms with Crippen LogP contribution in [0.15, 0.2) is 116 Å². The van der Waals surface area contributed by atoms with Crippen LogP contribution in [0.4, 0.5) is 0 Å². The van der Waals surface area contributed by atoms with E-state index in [9.17, 15) is 0 Å². The second kappa shape index (κ2) is 9.18. The van der Waals surface area contributed by atoms with E-state index in [4.69, 9.17) is 14.7 Å². The van der Waals surface area contributed by atoms with E-state index in [0.717, 1.165) is 44.8 Å². The quantitative estimate of drug-likeness (QED) is 0.252. The molecule has 3 heteroatoms. The number of ether oxygens (including phenoxy) is 1. The van der Waals surface area contributed by atoms with Crippen LogP contribution in [0.1, 0.15) is 26.3 Å². The van der Waals surface area contributed by atoms with Crippen molar-refractivity contribution in [1.82, 2.24) is 9.97 Å². The summed E-state index contributed by atoms with van der Waals surface area (Å²) < 4.78 is 6.48. The van der Waals surface area contributed by atoms with Gasteiger partial charge in [0.25, 0.3) is 0 Å². The number of benzene rings is 4. The molecule has 37 heavy (non-hydrogen) atoms. The SMILES string of the molecule is CC(C)(C)c1cc(Oc2cccc(-c3cc4ccccc4cn3)c2)cc(-c2nccc3ccccc23)c1. The molecule has 3 nitrogen and oxygen atoms in total. The van der Waals surface area contributed by atoms with Gasteiger partial charge in [0.2, 0.25) is 0 Å². The van der Waals surface area contributed by atoms with Gasteiger partial charge in [0.05, 0.1) is 11.4 Å². The topological polar surface area (TPSA) is 35.0 Å². The van der Waals surface area contributed by atoms with Crippen molar-refractivity contribution in [2.75, 3.05) is 0 Å². The number of pyridine rings is 2. The van der Waals surface area contributed by atoms with Crippen molar-refractivity contribution in [3.63, 3.8) is 0 Å². The normalized spacial score (nSPS) is 11.6. The Morgan fingerprint density at radius 2 is 1.35 bits per heavy atom. The summed E-state index contributed by atoms with van der Waals surface area (Å²) in [5, 5.41) is 4.61. The zero-order valence-electron chi connectivity index (χ0n) is 21.3. The lowest BCUT2D eigenvalue weighted by molar-refractivity contribution is 0.479. The van der Waals surface area contributed by atoms with E-state index in [-0.39, 0.29) is 5.41 Å². The minimum Gasteiger partial charge on any atom is -0.457 e. The molecule has 0 fully saturated rings. The first kappa shape index (κ1) is 22.9. The third-order valence-corrected chi connectivity index (χ3v) is 6.72. The van der Waals surface area contributed by atoms with Crippen LogP contribution in [0.2, 0.25) is 0 Å². The molecule has 0 amide bonds. The highest BCUT2D eigenvalue weighted by Gasteiger charge is 2.18. The van der Waals surface area contributed by atoms with Crippen molar-refractivity contribution in [3.8, 4) is 34.0 Å². The van der Waals surface area contributed by atoms with Crippen LogP contribution in [0.25, 0.3) is 44.1 Å². The third kappa shape index (κ3) is 4.68. The fourth-order valence-electron chi connectivity index (χ4n) is 4.67. The number of nitrogens with zero attached hydrogens (tertiary/aromatic N) is 2. The summed E-state index contributed by atoms with van der Waals surface area (Å²) in [4.78, 5) is 9.45. The molecule has 2 heterocycles. The fraction of sp³-hybridized carbons (Fsp3) is 0.118. The molecule has 0 atom stereocenters. The molecule has 0 aliphatic rings. The highest BCUT2D eigenvalue weighted by molar-refractivity contribution is 5.94. The smallest absolute Gasteiger partial charge is 0.128 e. The molecule has 0 unspecified atom stereocenters. The lowest BCUT2D eigenvalue weighted by Crippen LogP contribution is -2.11. The van der Waals surface area contributed by atoms with Crippen molar-refractivity contribution < 1.29 is 4.74 Å². The highest BCUT2D eigenvalue weighted by Crippen LogP contribution is 2.36. The predicted molar refractivity (Wildman–Crippen MR) is 153 cm³/mol. The van der Waals surface area contributed by atoms with Crippen molar-refractivity contribution in [2.45, 2.75) is 26.2 Å². The molecule has 180 valence electrons. The summed E-state index contributed by atoms with van der Waals surface area (Å²) in [5.74, 6) is 1.57. The number of fused-ring (bicyclic) bond motifs is 2. The Labute approximate surface area is 217 Å². The van der Waals surface area contributed by atoms with Gasteiger partial charge in [-0.3, -0.25) is 9.97 Å². The molecule has 0 saturated heterocycles. The van der Waals surface area contributed by atoms with E-state index < -0.39 is 0 Å². The molecule has 0 saturated carbocycles. The molecule has 6 rings (SSSR count). The first-order chi connectivity index (χ1) is 17.9. The molecule has 0 radical (unpaired) electrons. The average molecular weight is 481 g/mol. The Hall–Kier alpha value is -4.50. The minimum atomic E-state index is -0.0461. The van der Waals surface area contributed by atoms with Crippen molar-refractivity contribution in [2.24, 2.45) is 0 Å². The summed E-state index contributed by atoms with van der Waals surface area (Å²) in [5.41, 5.74) is 5.10. The maximum atomic E-state index is 6.48. The lowest BCUT2D eigenvalue weighted by Gasteiger charge is -2.21. The minimum absolute atomic E-state index is 0.0461. The fourth-order valence-corrected chi connectivity index (χ4v) is 4.67. The Kier molecular flexibility index (Phi) is 5.69. The number of aromatic nitrogens is 2. The van der Waals surface area contributed by atoms with Crippen molar-refractivity contribution in [1.29, 1.82) is 0 Å². The molecule has 6 aromatic rings. The maximum absolute atomic E-state index is 6.48. The van der Waals surface area contributed by atoms with Gasteiger partial charge in [-0.2, -0.15) is 0 Å². The average Bonchev–Trinajstić information content (AvgIpc) is 2.92. The van der Waals surface area contributed by atoms with Crippen LogP contribution in [0.3, 0.4) is 0 Å². The second-order valence-corrected chi connectivity index (χ2v) is 10.4.